The van der Waals surface area contributed by atoms with Crippen molar-refractivity contribution in [1.82, 2.24) is 9.78 Å². The molecule has 0 unspecified atom stereocenters. The summed E-state index contributed by atoms with van der Waals surface area (Å²) in [6, 6.07) is 9.39. The minimum absolute atomic E-state index is 0.168. The Morgan fingerprint density at radius 2 is 2.14 bits per heavy atom. The summed E-state index contributed by atoms with van der Waals surface area (Å²) in [5.74, 6) is 0.867. The molecule has 3 rings (SSSR count). The minimum atomic E-state index is -0.532. The van der Waals surface area contributed by atoms with Crippen LogP contribution in [0.4, 0.5) is 0 Å². The number of aryl methyl sites for hydroxylation is 2. The number of ether oxygens (including phenoxy) is 1. The summed E-state index contributed by atoms with van der Waals surface area (Å²) in [6.45, 7) is 4.61. The van der Waals surface area contributed by atoms with E-state index in [-0.39, 0.29) is 5.89 Å². The second kappa shape index (κ2) is 5.93. The Morgan fingerprint density at radius 1 is 1.27 bits per heavy atom. The van der Waals surface area contributed by atoms with Crippen molar-refractivity contribution in [2.45, 2.75) is 20.4 Å². The van der Waals surface area contributed by atoms with Crippen molar-refractivity contribution in [1.29, 1.82) is 0 Å². The fraction of sp³-hybridized carbons (Fsp3) is 0.250. The largest absolute Gasteiger partial charge is 0.491 e. The molecule has 0 aliphatic rings. The van der Waals surface area contributed by atoms with Crippen LogP contribution in [0.5, 0.6) is 5.75 Å². The first-order valence-electron chi connectivity index (χ1n) is 6.95. The van der Waals surface area contributed by atoms with E-state index in [4.69, 9.17) is 13.6 Å². The van der Waals surface area contributed by atoms with Gasteiger partial charge < -0.3 is 13.6 Å². The zero-order valence-electron chi connectivity index (χ0n) is 12.4. The van der Waals surface area contributed by atoms with E-state index in [0.29, 0.717) is 18.9 Å². The molecule has 0 aliphatic heterocycles. The molecule has 0 fully saturated rings. The Bertz CT molecular complexity index is 815. The number of benzene rings is 1. The number of aromatic nitrogens is 2. The smallest absolute Gasteiger partial charge is 0.437 e. The van der Waals surface area contributed by atoms with E-state index in [1.54, 1.807) is 12.1 Å². The predicted molar refractivity (Wildman–Crippen MR) is 79.9 cm³/mol. The van der Waals surface area contributed by atoms with E-state index in [9.17, 15) is 4.79 Å². The maximum atomic E-state index is 11.7. The van der Waals surface area contributed by atoms with Gasteiger partial charge in [-0.3, -0.25) is 0 Å². The molecule has 2 aromatic heterocycles. The van der Waals surface area contributed by atoms with Gasteiger partial charge in [-0.2, -0.15) is 4.68 Å². The molecule has 0 bridgehead atoms. The van der Waals surface area contributed by atoms with Gasteiger partial charge in [0.2, 0.25) is 0 Å². The van der Waals surface area contributed by atoms with Crippen LogP contribution in [0.15, 0.2) is 50.2 Å². The number of hydrogen-bond donors (Lipinski definition) is 0. The monoisotopic (exact) mass is 300 g/mol. The maximum Gasteiger partial charge on any atom is 0.437 e. The lowest BCUT2D eigenvalue weighted by Gasteiger charge is -2.09. The van der Waals surface area contributed by atoms with Crippen LogP contribution in [0.1, 0.15) is 11.1 Å². The zero-order valence-corrected chi connectivity index (χ0v) is 12.4. The lowest BCUT2D eigenvalue weighted by atomic mass is 10.1. The van der Waals surface area contributed by atoms with Crippen molar-refractivity contribution in [3.05, 3.63) is 58.3 Å². The number of rotatable bonds is 5. The Labute approximate surface area is 126 Å². The summed E-state index contributed by atoms with van der Waals surface area (Å²) in [5.41, 5.74) is 2.17. The van der Waals surface area contributed by atoms with Gasteiger partial charge in [0.05, 0.1) is 12.8 Å². The average molecular weight is 300 g/mol. The number of furan rings is 1. The number of nitrogens with zero attached hydrogens (tertiary/aromatic N) is 2. The molecule has 0 amide bonds. The molecule has 22 heavy (non-hydrogen) atoms. The highest BCUT2D eigenvalue weighted by atomic mass is 16.5. The summed E-state index contributed by atoms with van der Waals surface area (Å²) < 4.78 is 17.1. The molecule has 0 spiro atoms. The van der Waals surface area contributed by atoms with Gasteiger partial charge in [-0.25, -0.2) is 4.79 Å². The second-order valence-corrected chi connectivity index (χ2v) is 4.99. The van der Waals surface area contributed by atoms with Crippen molar-refractivity contribution >= 4 is 0 Å². The van der Waals surface area contributed by atoms with Gasteiger partial charge in [0.1, 0.15) is 12.4 Å². The first kappa shape index (κ1) is 14.2. The summed E-state index contributed by atoms with van der Waals surface area (Å²) in [7, 11) is 0. The maximum absolute atomic E-state index is 11.7. The fourth-order valence-corrected chi connectivity index (χ4v) is 2.05. The predicted octanol–water partition coefficient (Wildman–Crippen LogP) is 2.79. The fourth-order valence-electron chi connectivity index (χ4n) is 2.05. The van der Waals surface area contributed by atoms with Crippen molar-refractivity contribution in [2.24, 2.45) is 0 Å². The Hall–Kier alpha value is -2.76. The summed E-state index contributed by atoms with van der Waals surface area (Å²) in [6.07, 6.45) is 1.50. The van der Waals surface area contributed by atoms with Crippen LogP contribution >= 0.6 is 0 Å². The summed E-state index contributed by atoms with van der Waals surface area (Å²) >= 11 is 0. The SMILES string of the molecule is Cc1ccc(C)c(OCCn2nc(-c3ccco3)oc2=O)c1. The van der Waals surface area contributed by atoms with Gasteiger partial charge in [0.15, 0.2) is 5.76 Å². The van der Waals surface area contributed by atoms with E-state index in [2.05, 4.69) is 5.10 Å². The molecule has 0 aliphatic carbocycles. The highest BCUT2D eigenvalue weighted by molar-refractivity contribution is 5.42. The quantitative estimate of drug-likeness (QED) is 0.724. The molecule has 0 saturated carbocycles. The molecule has 0 N–H and O–H groups in total. The minimum Gasteiger partial charge on any atom is -0.491 e. The van der Waals surface area contributed by atoms with Gasteiger partial charge >= 0.3 is 5.76 Å². The molecule has 114 valence electrons. The standard InChI is InChI=1S/C16H16N2O4/c1-11-5-6-12(2)14(10-11)21-9-7-18-16(19)22-15(17-18)13-4-3-8-20-13/h3-6,8,10H,7,9H2,1-2H3. The van der Waals surface area contributed by atoms with Crippen molar-refractivity contribution in [2.75, 3.05) is 6.61 Å². The third-order valence-electron chi connectivity index (χ3n) is 3.24. The molecule has 0 atom stereocenters. The van der Waals surface area contributed by atoms with Crippen LogP contribution in [-0.4, -0.2) is 16.4 Å². The van der Waals surface area contributed by atoms with Crippen LogP contribution in [0.2, 0.25) is 0 Å². The molecule has 6 nitrogen and oxygen atoms in total. The Morgan fingerprint density at radius 3 is 2.91 bits per heavy atom. The third kappa shape index (κ3) is 2.95. The van der Waals surface area contributed by atoms with E-state index in [1.807, 2.05) is 32.0 Å². The second-order valence-electron chi connectivity index (χ2n) is 4.99. The summed E-state index contributed by atoms with van der Waals surface area (Å²) in [4.78, 5) is 11.7. The van der Waals surface area contributed by atoms with Crippen LogP contribution in [0.3, 0.4) is 0 Å². The molecule has 6 heteroatoms. The third-order valence-corrected chi connectivity index (χ3v) is 3.24. The van der Waals surface area contributed by atoms with Gasteiger partial charge in [0, 0.05) is 0 Å². The number of hydrogen-bond acceptors (Lipinski definition) is 5. The van der Waals surface area contributed by atoms with Gasteiger partial charge in [-0.1, -0.05) is 12.1 Å². The first-order valence-corrected chi connectivity index (χ1v) is 6.95. The first-order chi connectivity index (χ1) is 10.6. The topological polar surface area (TPSA) is 70.4 Å². The molecular weight excluding hydrogens is 284 g/mol. The van der Waals surface area contributed by atoms with E-state index < -0.39 is 5.76 Å². The molecule has 0 radical (unpaired) electrons. The van der Waals surface area contributed by atoms with Crippen LogP contribution in [0.25, 0.3) is 11.7 Å². The van der Waals surface area contributed by atoms with Gasteiger partial charge in [0.25, 0.3) is 5.89 Å². The average Bonchev–Trinajstić information content (AvgIpc) is 3.13. The van der Waals surface area contributed by atoms with E-state index >= 15 is 0 Å². The van der Waals surface area contributed by atoms with Gasteiger partial charge in [-0.05, 0) is 43.2 Å². The van der Waals surface area contributed by atoms with Crippen LogP contribution < -0.4 is 10.5 Å². The summed E-state index contributed by atoms with van der Waals surface area (Å²) in [5, 5.41) is 4.09. The lowest BCUT2D eigenvalue weighted by Crippen LogP contribution is -2.20. The van der Waals surface area contributed by atoms with Crippen molar-refractivity contribution in [3.8, 4) is 17.4 Å². The zero-order chi connectivity index (χ0) is 15.5. The van der Waals surface area contributed by atoms with E-state index in [1.165, 1.54) is 10.9 Å². The molecular formula is C16H16N2O4. The molecule has 2 heterocycles. The van der Waals surface area contributed by atoms with Crippen LogP contribution in [0, 0.1) is 13.8 Å². The Kier molecular flexibility index (Phi) is 3.82. The normalized spacial score (nSPS) is 10.8. The highest BCUT2D eigenvalue weighted by Crippen LogP contribution is 2.19. The van der Waals surface area contributed by atoms with E-state index in [0.717, 1.165) is 16.9 Å². The lowest BCUT2D eigenvalue weighted by molar-refractivity contribution is 0.283. The molecule has 0 saturated heterocycles. The van der Waals surface area contributed by atoms with Crippen molar-refractivity contribution < 1.29 is 13.6 Å². The molecule has 1 aromatic carbocycles. The Balaban J connectivity index is 1.67. The van der Waals surface area contributed by atoms with Crippen molar-refractivity contribution in [3.63, 3.8) is 0 Å². The van der Waals surface area contributed by atoms with Crippen LogP contribution in [-0.2, 0) is 6.54 Å². The van der Waals surface area contributed by atoms with Gasteiger partial charge in [-0.15, -0.1) is 5.10 Å². The highest BCUT2D eigenvalue weighted by Gasteiger charge is 2.12. The molecule has 3 aromatic rings.